The second-order valence-corrected chi connectivity index (χ2v) is 5.57. The average Bonchev–Trinajstić information content (AvgIpc) is 2.77. The molecule has 2 aromatic rings. The molecule has 1 saturated heterocycles. The molecule has 0 spiro atoms. The Morgan fingerprint density at radius 2 is 2.09 bits per heavy atom. The van der Waals surface area contributed by atoms with E-state index in [1.54, 1.807) is 6.07 Å². The number of rotatable bonds is 2. The first-order valence-corrected chi connectivity index (χ1v) is 6.83. The summed E-state index contributed by atoms with van der Waals surface area (Å²) in [5, 5.41) is 2.95. The van der Waals surface area contributed by atoms with Gasteiger partial charge in [-0.05, 0) is 36.8 Å². The first-order valence-electron chi connectivity index (χ1n) is 6.45. The Kier molecular flexibility index (Phi) is 3.48. The van der Waals surface area contributed by atoms with Gasteiger partial charge in [-0.15, -0.1) is 0 Å². The molecule has 0 radical (unpaired) electrons. The summed E-state index contributed by atoms with van der Waals surface area (Å²) in [5.74, 6) is -1.29. The number of alkyl carbamates (subject to hydrolysis) is 1. The third kappa shape index (κ3) is 2.39. The van der Waals surface area contributed by atoms with Gasteiger partial charge in [-0.25, -0.2) is 13.6 Å². The monoisotopic (exact) mass is 324 g/mol. The van der Waals surface area contributed by atoms with Crippen LogP contribution < -0.4 is 5.32 Å². The molecule has 1 aromatic heterocycles. The molecule has 1 aliphatic rings. The molecule has 0 aliphatic carbocycles. The lowest BCUT2D eigenvalue weighted by atomic mass is 9.85. The Morgan fingerprint density at radius 1 is 1.32 bits per heavy atom. The number of carbonyl (C=O) groups excluding carboxylic acids is 1. The molecule has 0 unspecified atom stereocenters. The van der Waals surface area contributed by atoms with Crippen LogP contribution in [-0.2, 0) is 10.3 Å². The SMILES string of the molecule is C[C@@]1(c2cc(F)ccc2F)OC(=O)N[C@@H]1c1cncc(Cl)c1. The highest BCUT2D eigenvalue weighted by Crippen LogP contribution is 2.43. The smallest absolute Gasteiger partial charge is 0.408 e. The van der Waals surface area contributed by atoms with Crippen molar-refractivity contribution in [1.82, 2.24) is 10.3 Å². The molecule has 3 rings (SSSR count). The third-order valence-corrected chi connectivity index (χ3v) is 3.85. The summed E-state index contributed by atoms with van der Waals surface area (Å²) >= 11 is 5.91. The zero-order valence-electron chi connectivity index (χ0n) is 11.4. The van der Waals surface area contributed by atoms with Gasteiger partial charge in [0.1, 0.15) is 17.7 Å². The van der Waals surface area contributed by atoms with Crippen molar-refractivity contribution in [1.29, 1.82) is 0 Å². The Labute approximate surface area is 130 Å². The summed E-state index contributed by atoms with van der Waals surface area (Å²) < 4.78 is 32.9. The summed E-state index contributed by atoms with van der Waals surface area (Å²) in [6, 6.07) is 3.85. The van der Waals surface area contributed by atoms with E-state index in [2.05, 4.69) is 10.3 Å². The molecule has 2 atom stereocenters. The molecule has 0 bridgehead atoms. The summed E-state index contributed by atoms with van der Waals surface area (Å²) in [6.45, 7) is 1.51. The molecule has 0 saturated carbocycles. The molecule has 1 N–H and O–H groups in total. The second-order valence-electron chi connectivity index (χ2n) is 5.13. The predicted octanol–water partition coefficient (Wildman–Crippen LogP) is 3.71. The number of aromatic nitrogens is 1. The maximum absolute atomic E-state index is 14.1. The number of ether oxygens (including phenoxy) is 1. The maximum Gasteiger partial charge on any atom is 0.408 e. The van der Waals surface area contributed by atoms with Gasteiger partial charge in [0.25, 0.3) is 0 Å². The number of pyridine rings is 1. The minimum Gasteiger partial charge on any atom is -0.436 e. The van der Waals surface area contributed by atoms with Crippen LogP contribution in [0.5, 0.6) is 0 Å². The highest BCUT2D eigenvalue weighted by atomic mass is 35.5. The van der Waals surface area contributed by atoms with Crippen molar-refractivity contribution in [2.75, 3.05) is 0 Å². The molecule has 2 heterocycles. The Bertz CT molecular complexity index is 756. The zero-order valence-corrected chi connectivity index (χ0v) is 12.2. The molecule has 22 heavy (non-hydrogen) atoms. The molecule has 1 aromatic carbocycles. The van der Waals surface area contributed by atoms with Crippen LogP contribution in [0.4, 0.5) is 13.6 Å². The standard InChI is InChI=1S/C15H11ClF2N2O2/c1-15(11-5-10(17)2-3-12(11)18)13(20-14(21)22-15)8-4-9(16)7-19-6-8/h2-7,13H,1H3,(H,20,21)/t13-,15+/m1/s1. The van der Waals surface area contributed by atoms with Gasteiger partial charge < -0.3 is 10.1 Å². The molecule has 7 heteroatoms. The number of nitrogens with one attached hydrogen (secondary N) is 1. The molecular weight excluding hydrogens is 314 g/mol. The van der Waals surface area contributed by atoms with E-state index in [0.717, 1.165) is 18.2 Å². The Balaban J connectivity index is 2.13. The van der Waals surface area contributed by atoms with Crippen LogP contribution in [0.25, 0.3) is 0 Å². The summed E-state index contributed by atoms with van der Waals surface area (Å²) in [6.07, 6.45) is 2.19. The first-order chi connectivity index (χ1) is 10.4. The minimum absolute atomic E-state index is 0.0594. The summed E-state index contributed by atoms with van der Waals surface area (Å²) in [5.41, 5.74) is -0.948. The van der Waals surface area contributed by atoms with Crippen molar-refractivity contribution in [3.8, 4) is 0 Å². The van der Waals surface area contributed by atoms with Gasteiger partial charge >= 0.3 is 6.09 Å². The Morgan fingerprint density at radius 3 is 2.82 bits per heavy atom. The number of carbonyl (C=O) groups is 1. The largest absolute Gasteiger partial charge is 0.436 e. The molecule has 1 fully saturated rings. The van der Waals surface area contributed by atoms with Crippen LogP contribution in [-0.4, -0.2) is 11.1 Å². The van der Waals surface area contributed by atoms with Gasteiger partial charge in [0.2, 0.25) is 0 Å². The van der Waals surface area contributed by atoms with Crippen molar-refractivity contribution in [2.24, 2.45) is 0 Å². The predicted molar refractivity (Wildman–Crippen MR) is 75.3 cm³/mol. The van der Waals surface area contributed by atoms with Crippen molar-refractivity contribution in [3.63, 3.8) is 0 Å². The Hall–Kier alpha value is -2.21. The van der Waals surface area contributed by atoms with Crippen LogP contribution >= 0.6 is 11.6 Å². The van der Waals surface area contributed by atoms with Crippen molar-refractivity contribution in [3.05, 3.63) is 64.4 Å². The van der Waals surface area contributed by atoms with Crippen LogP contribution in [0.15, 0.2) is 36.7 Å². The lowest BCUT2D eigenvalue weighted by molar-refractivity contribution is 0.0460. The van der Waals surface area contributed by atoms with E-state index in [1.165, 1.54) is 19.3 Å². The molecule has 114 valence electrons. The van der Waals surface area contributed by atoms with E-state index >= 15 is 0 Å². The lowest BCUT2D eigenvalue weighted by Gasteiger charge is -2.29. The number of benzene rings is 1. The zero-order chi connectivity index (χ0) is 15.9. The lowest BCUT2D eigenvalue weighted by Crippen LogP contribution is -2.32. The quantitative estimate of drug-likeness (QED) is 0.916. The normalized spacial score (nSPS) is 24.0. The molecular formula is C15H11ClF2N2O2. The molecule has 1 aliphatic heterocycles. The van der Waals surface area contributed by atoms with Gasteiger partial charge in [-0.3, -0.25) is 4.98 Å². The number of nitrogens with zero attached hydrogens (tertiary/aromatic N) is 1. The van der Waals surface area contributed by atoms with Crippen LogP contribution in [0.3, 0.4) is 0 Å². The number of hydrogen-bond acceptors (Lipinski definition) is 3. The van der Waals surface area contributed by atoms with Crippen LogP contribution in [0.2, 0.25) is 5.02 Å². The van der Waals surface area contributed by atoms with Gasteiger partial charge in [-0.2, -0.15) is 0 Å². The van der Waals surface area contributed by atoms with Gasteiger partial charge in [0, 0.05) is 18.0 Å². The van der Waals surface area contributed by atoms with Gasteiger partial charge in [0.15, 0.2) is 5.60 Å². The number of hydrogen-bond donors (Lipinski definition) is 1. The van der Waals surface area contributed by atoms with Crippen molar-refractivity contribution in [2.45, 2.75) is 18.6 Å². The highest BCUT2D eigenvalue weighted by Gasteiger charge is 2.49. The van der Waals surface area contributed by atoms with Crippen molar-refractivity contribution >= 4 is 17.7 Å². The van der Waals surface area contributed by atoms with Crippen molar-refractivity contribution < 1.29 is 18.3 Å². The van der Waals surface area contributed by atoms with E-state index in [0.29, 0.717) is 10.6 Å². The van der Waals surface area contributed by atoms with E-state index in [-0.39, 0.29) is 5.56 Å². The number of halogens is 3. The average molecular weight is 325 g/mol. The van der Waals surface area contributed by atoms with E-state index < -0.39 is 29.4 Å². The van der Waals surface area contributed by atoms with E-state index in [1.807, 2.05) is 0 Å². The first kappa shape index (κ1) is 14.7. The fourth-order valence-electron chi connectivity index (χ4n) is 2.61. The fraction of sp³-hybridized carbons (Fsp3) is 0.200. The van der Waals surface area contributed by atoms with Gasteiger partial charge in [-0.1, -0.05) is 11.6 Å². The number of amides is 1. The second kappa shape index (κ2) is 5.21. The highest BCUT2D eigenvalue weighted by molar-refractivity contribution is 6.30. The maximum atomic E-state index is 14.1. The third-order valence-electron chi connectivity index (χ3n) is 3.64. The topological polar surface area (TPSA) is 51.2 Å². The van der Waals surface area contributed by atoms with E-state index in [4.69, 9.17) is 16.3 Å². The number of cyclic esters (lactones) is 1. The van der Waals surface area contributed by atoms with E-state index in [9.17, 15) is 13.6 Å². The molecule has 4 nitrogen and oxygen atoms in total. The van der Waals surface area contributed by atoms with Crippen LogP contribution in [0, 0.1) is 11.6 Å². The minimum atomic E-state index is -1.42. The summed E-state index contributed by atoms with van der Waals surface area (Å²) in [4.78, 5) is 15.6. The fourth-order valence-corrected chi connectivity index (χ4v) is 2.79. The summed E-state index contributed by atoms with van der Waals surface area (Å²) in [7, 11) is 0. The van der Waals surface area contributed by atoms with Gasteiger partial charge in [0.05, 0.1) is 5.02 Å². The van der Waals surface area contributed by atoms with Crippen LogP contribution in [0.1, 0.15) is 24.1 Å². The molecule has 1 amide bonds.